The molecule has 0 saturated heterocycles. The van der Waals surface area contributed by atoms with Crippen molar-refractivity contribution in [2.24, 2.45) is 0 Å². The van der Waals surface area contributed by atoms with Crippen molar-refractivity contribution in [1.82, 2.24) is 19.8 Å². The van der Waals surface area contributed by atoms with E-state index in [-0.39, 0.29) is 6.54 Å². The van der Waals surface area contributed by atoms with Gasteiger partial charge in [0, 0.05) is 11.8 Å². The minimum atomic E-state index is -0.569. The number of carbonyl (C=O) groups excluding carboxylic acids is 1. The monoisotopic (exact) mass is 387 g/mol. The Labute approximate surface area is 158 Å². The smallest absolute Gasteiger partial charge is 0.369 e. The van der Waals surface area contributed by atoms with Gasteiger partial charge in [0.25, 0.3) is 0 Å². The number of para-hydroxylation sites is 1. The Morgan fingerprint density at radius 1 is 1.11 bits per heavy atom. The molecule has 0 saturated carbocycles. The summed E-state index contributed by atoms with van der Waals surface area (Å²) in [5.74, 6) is 0.749. The largest absolute Gasteiger partial charge is 0.486 e. The molecule has 0 spiro atoms. The maximum atomic E-state index is 12.4. The highest BCUT2D eigenvalue weighted by atomic mass is 35.5. The fraction of sp³-hybridized carbons (Fsp3) is 0.176. The van der Waals surface area contributed by atoms with Gasteiger partial charge in [-0.05, 0) is 34.7 Å². The number of amides is 1. The zero-order chi connectivity index (χ0) is 18.8. The molecule has 0 aliphatic carbocycles. The average molecular weight is 388 g/mol. The first-order valence-electron chi connectivity index (χ1n) is 8.09. The van der Waals surface area contributed by atoms with Crippen LogP contribution in [0.3, 0.4) is 0 Å². The van der Waals surface area contributed by atoms with Crippen LogP contribution < -0.4 is 20.5 Å². The van der Waals surface area contributed by atoms with Gasteiger partial charge in [0.05, 0.1) is 10.7 Å². The Bertz CT molecular complexity index is 1060. The van der Waals surface area contributed by atoms with E-state index in [0.29, 0.717) is 41.1 Å². The summed E-state index contributed by atoms with van der Waals surface area (Å²) in [5, 5.41) is 10.6. The first kappa shape index (κ1) is 17.1. The number of rotatable bonds is 4. The molecule has 9 nitrogen and oxygen atoms in total. The highest BCUT2D eigenvalue weighted by Gasteiger charge is 2.16. The molecule has 0 fully saturated rings. The molecule has 1 amide bonds. The number of tetrazole rings is 1. The minimum Gasteiger partial charge on any atom is -0.486 e. The molecule has 0 atom stereocenters. The Morgan fingerprint density at radius 3 is 2.70 bits per heavy atom. The second kappa shape index (κ2) is 7.12. The lowest BCUT2D eigenvalue weighted by molar-refractivity contribution is -0.117. The fourth-order valence-electron chi connectivity index (χ4n) is 2.61. The molecule has 138 valence electrons. The number of carbonyl (C=O) groups is 1. The van der Waals surface area contributed by atoms with Gasteiger partial charge in [-0.1, -0.05) is 23.7 Å². The van der Waals surface area contributed by atoms with Crippen LogP contribution in [0.15, 0.2) is 47.3 Å². The van der Waals surface area contributed by atoms with E-state index in [1.807, 2.05) is 0 Å². The van der Waals surface area contributed by atoms with Crippen molar-refractivity contribution in [3.8, 4) is 17.2 Å². The summed E-state index contributed by atoms with van der Waals surface area (Å²) in [6.07, 6.45) is 0. The van der Waals surface area contributed by atoms with E-state index in [9.17, 15) is 9.59 Å². The Morgan fingerprint density at radius 2 is 1.89 bits per heavy atom. The molecular formula is C17H14ClN5O4. The van der Waals surface area contributed by atoms with E-state index >= 15 is 0 Å². The van der Waals surface area contributed by atoms with Crippen molar-refractivity contribution >= 4 is 23.2 Å². The Balaban J connectivity index is 1.49. The average Bonchev–Trinajstić information content (AvgIpc) is 3.02. The predicted octanol–water partition coefficient (Wildman–Crippen LogP) is 1.49. The second-order valence-electron chi connectivity index (χ2n) is 5.69. The molecule has 0 unspecified atom stereocenters. The number of ether oxygens (including phenoxy) is 2. The summed E-state index contributed by atoms with van der Waals surface area (Å²) in [5.41, 5.74) is 0.346. The molecule has 0 bridgehead atoms. The zero-order valence-corrected chi connectivity index (χ0v) is 14.7. The van der Waals surface area contributed by atoms with Gasteiger partial charge in [0.15, 0.2) is 11.5 Å². The van der Waals surface area contributed by atoms with Gasteiger partial charge >= 0.3 is 5.69 Å². The maximum Gasteiger partial charge on any atom is 0.369 e. The second-order valence-corrected chi connectivity index (χ2v) is 6.10. The van der Waals surface area contributed by atoms with Crippen LogP contribution >= 0.6 is 11.6 Å². The standard InChI is InChI=1S/C17H14ClN5O4/c18-12-3-1-2-4-13(12)23-17(25)22(20-21-23)10-16(24)19-11-5-6-14-15(9-11)27-8-7-26-14/h1-6,9H,7-8,10H2,(H,19,24). The third kappa shape index (κ3) is 3.49. The Kier molecular flexibility index (Phi) is 4.51. The SMILES string of the molecule is O=C(Cn1nnn(-c2ccccc2Cl)c1=O)Nc1ccc2c(c1)OCCO2. The highest BCUT2D eigenvalue weighted by Crippen LogP contribution is 2.32. The summed E-state index contributed by atoms with van der Waals surface area (Å²) in [6, 6.07) is 11.8. The van der Waals surface area contributed by atoms with Crippen molar-refractivity contribution in [2.45, 2.75) is 6.54 Å². The van der Waals surface area contributed by atoms with Crippen molar-refractivity contribution in [1.29, 1.82) is 0 Å². The number of nitrogens with one attached hydrogen (secondary N) is 1. The molecule has 0 radical (unpaired) electrons. The quantitative estimate of drug-likeness (QED) is 0.728. The maximum absolute atomic E-state index is 12.4. The molecule has 1 aromatic heterocycles. The summed E-state index contributed by atoms with van der Waals surface area (Å²) in [6.45, 7) is 0.644. The highest BCUT2D eigenvalue weighted by molar-refractivity contribution is 6.32. The van der Waals surface area contributed by atoms with Gasteiger partial charge in [-0.2, -0.15) is 9.36 Å². The zero-order valence-electron chi connectivity index (χ0n) is 14.0. The minimum absolute atomic E-state index is 0.294. The lowest BCUT2D eigenvalue weighted by Crippen LogP contribution is -2.29. The van der Waals surface area contributed by atoms with E-state index in [1.165, 1.54) is 0 Å². The van der Waals surface area contributed by atoms with Crippen molar-refractivity contribution < 1.29 is 14.3 Å². The van der Waals surface area contributed by atoms with Crippen molar-refractivity contribution in [3.05, 3.63) is 58.0 Å². The fourth-order valence-corrected chi connectivity index (χ4v) is 2.82. The van der Waals surface area contributed by atoms with Crippen molar-refractivity contribution in [3.63, 3.8) is 0 Å². The van der Waals surface area contributed by atoms with Gasteiger partial charge in [-0.25, -0.2) is 4.79 Å². The van der Waals surface area contributed by atoms with Crippen LogP contribution in [0.2, 0.25) is 5.02 Å². The van der Waals surface area contributed by atoms with E-state index in [1.54, 1.807) is 42.5 Å². The third-order valence-electron chi connectivity index (χ3n) is 3.84. The molecule has 1 N–H and O–H groups in total. The van der Waals surface area contributed by atoms with Crippen LogP contribution in [-0.2, 0) is 11.3 Å². The van der Waals surface area contributed by atoms with Crippen LogP contribution in [0.1, 0.15) is 0 Å². The summed E-state index contributed by atoms with van der Waals surface area (Å²) < 4.78 is 12.9. The van der Waals surface area contributed by atoms with Crippen LogP contribution in [0.5, 0.6) is 11.5 Å². The number of hydrogen-bond acceptors (Lipinski definition) is 6. The first-order valence-corrected chi connectivity index (χ1v) is 8.47. The number of anilines is 1. The van der Waals surface area contributed by atoms with E-state index in [0.717, 1.165) is 9.36 Å². The normalized spacial score (nSPS) is 12.6. The van der Waals surface area contributed by atoms with Gasteiger partial charge in [-0.3, -0.25) is 4.79 Å². The molecular weight excluding hydrogens is 374 g/mol. The number of benzene rings is 2. The van der Waals surface area contributed by atoms with Gasteiger partial charge in [-0.15, -0.1) is 0 Å². The summed E-state index contributed by atoms with van der Waals surface area (Å²) in [4.78, 5) is 24.7. The van der Waals surface area contributed by atoms with E-state index in [4.69, 9.17) is 21.1 Å². The number of halogens is 1. The summed E-state index contributed by atoms with van der Waals surface area (Å²) in [7, 11) is 0. The van der Waals surface area contributed by atoms with Gasteiger partial charge in [0.2, 0.25) is 5.91 Å². The van der Waals surface area contributed by atoms with Crippen molar-refractivity contribution in [2.75, 3.05) is 18.5 Å². The first-order chi connectivity index (χ1) is 13.1. The molecule has 10 heteroatoms. The number of nitrogens with zero attached hydrogens (tertiary/aromatic N) is 4. The van der Waals surface area contributed by atoms with Gasteiger partial charge in [0.1, 0.15) is 19.8 Å². The number of aromatic nitrogens is 4. The van der Waals surface area contributed by atoms with Crippen LogP contribution in [0.4, 0.5) is 5.69 Å². The van der Waals surface area contributed by atoms with Crippen LogP contribution in [0.25, 0.3) is 5.69 Å². The lowest BCUT2D eigenvalue weighted by atomic mass is 10.2. The number of fused-ring (bicyclic) bond motifs is 1. The number of hydrogen-bond donors (Lipinski definition) is 1. The van der Waals surface area contributed by atoms with Crippen LogP contribution in [-0.4, -0.2) is 38.9 Å². The van der Waals surface area contributed by atoms with Gasteiger partial charge < -0.3 is 14.8 Å². The molecule has 2 heterocycles. The molecule has 3 aromatic rings. The molecule has 2 aromatic carbocycles. The Hall–Kier alpha value is -3.33. The lowest BCUT2D eigenvalue weighted by Gasteiger charge is -2.18. The topological polar surface area (TPSA) is 100 Å². The molecule has 27 heavy (non-hydrogen) atoms. The predicted molar refractivity (Wildman–Crippen MR) is 96.7 cm³/mol. The van der Waals surface area contributed by atoms with E-state index < -0.39 is 11.6 Å². The summed E-state index contributed by atoms with van der Waals surface area (Å²) >= 11 is 6.07. The molecule has 1 aliphatic heterocycles. The third-order valence-corrected chi connectivity index (χ3v) is 4.16. The molecule has 4 rings (SSSR count). The molecule has 1 aliphatic rings. The van der Waals surface area contributed by atoms with Crippen LogP contribution in [0, 0.1) is 0 Å². The van der Waals surface area contributed by atoms with E-state index in [2.05, 4.69) is 15.7 Å².